The normalized spacial score (nSPS) is 16.1. The fourth-order valence-electron chi connectivity index (χ4n) is 2.42. The van der Waals surface area contributed by atoms with Crippen molar-refractivity contribution in [3.05, 3.63) is 0 Å². The van der Waals surface area contributed by atoms with Crippen LogP contribution in [0.15, 0.2) is 0 Å². The van der Waals surface area contributed by atoms with Crippen molar-refractivity contribution in [1.82, 2.24) is 9.80 Å². The van der Waals surface area contributed by atoms with Gasteiger partial charge in [0.05, 0.1) is 0 Å². The van der Waals surface area contributed by atoms with Gasteiger partial charge in [-0.25, -0.2) is 9.46 Å². The number of hydrogen-bond acceptors (Lipinski definition) is 4. The van der Waals surface area contributed by atoms with E-state index in [2.05, 4.69) is 4.52 Å². The number of phosphoric acid groups is 1. The molecule has 0 aliphatic heterocycles. The molecular weight excluding hydrogens is 431 g/mol. The molecule has 0 radical (unpaired) electrons. The molecule has 1 atom stereocenters. The molecule has 28 heavy (non-hydrogen) atoms. The third-order valence-corrected chi connectivity index (χ3v) is 4.52. The summed E-state index contributed by atoms with van der Waals surface area (Å²) in [6.45, 7) is 1.11. The lowest BCUT2D eigenvalue weighted by atomic mass is 9.99. The van der Waals surface area contributed by atoms with Crippen LogP contribution in [0.5, 0.6) is 0 Å². The molecule has 0 heterocycles. The quantitative estimate of drug-likeness (QED) is 0.203. The van der Waals surface area contributed by atoms with Crippen LogP contribution in [0.1, 0.15) is 27.7 Å². The maximum absolute atomic E-state index is 14.4. The summed E-state index contributed by atoms with van der Waals surface area (Å²) in [5.74, 6) is -19.5. The molecule has 0 saturated heterocycles. The molecule has 0 saturated carbocycles. The van der Waals surface area contributed by atoms with Crippen molar-refractivity contribution in [3.8, 4) is 0 Å². The molecule has 0 aliphatic carbocycles. The van der Waals surface area contributed by atoms with E-state index in [1.165, 1.54) is 0 Å². The number of alkyl halides is 8. The Hall–Kier alpha value is -0.530. The number of hydrogen-bond donors (Lipinski definition) is 2. The molecule has 0 rings (SSSR count). The van der Waals surface area contributed by atoms with E-state index in [1.807, 2.05) is 0 Å². The van der Waals surface area contributed by atoms with Crippen molar-refractivity contribution < 1.29 is 54.0 Å². The zero-order chi connectivity index (χ0) is 22.8. The minimum atomic E-state index is -6.74. The van der Waals surface area contributed by atoms with Gasteiger partial charge in [0.1, 0.15) is 0 Å². The largest absolute Gasteiger partial charge is 0.471 e. The zero-order valence-electron chi connectivity index (χ0n) is 15.5. The number of rotatable bonds is 12. The minimum absolute atomic E-state index is 0.193. The Morgan fingerprint density at radius 3 is 1.50 bits per heavy atom. The summed E-state index contributed by atoms with van der Waals surface area (Å²) in [5.41, 5.74) is 0. The fourth-order valence-corrected chi connectivity index (χ4v) is 2.95. The summed E-state index contributed by atoms with van der Waals surface area (Å²) < 4.78 is 128. The van der Waals surface area contributed by atoms with Gasteiger partial charge in [-0.15, -0.1) is 0 Å². The van der Waals surface area contributed by atoms with E-state index in [4.69, 9.17) is 9.79 Å². The third-order valence-electron chi connectivity index (χ3n) is 4.04. The smallest absolute Gasteiger partial charge is 0.303 e. The number of halogens is 8. The fraction of sp³-hybridized carbons (Fsp3) is 1.00. The summed E-state index contributed by atoms with van der Waals surface area (Å²) >= 11 is 0. The number of nitrogens with zero attached hydrogens (tertiary/aromatic N) is 2. The van der Waals surface area contributed by atoms with Gasteiger partial charge in [0.25, 0.3) is 0 Å². The molecule has 0 fully saturated rings. The predicted octanol–water partition coefficient (Wildman–Crippen LogP) is 3.60. The predicted molar refractivity (Wildman–Crippen MR) is 82.5 cm³/mol. The Morgan fingerprint density at radius 1 is 0.821 bits per heavy atom. The van der Waals surface area contributed by atoms with Crippen molar-refractivity contribution >= 4 is 7.82 Å². The van der Waals surface area contributed by atoms with Crippen LogP contribution in [0.2, 0.25) is 0 Å². The summed E-state index contributed by atoms with van der Waals surface area (Å²) in [7, 11) is -5.89. The first-order valence-corrected chi connectivity index (χ1v) is 9.66. The molecule has 0 amide bonds. The third kappa shape index (κ3) is 4.96. The molecule has 0 aromatic heterocycles. The van der Waals surface area contributed by atoms with Gasteiger partial charge in [-0.05, 0) is 13.1 Å². The summed E-state index contributed by atoms with van der Waals surface area (Å²) in [4.78, 5) is 17.2. The van der Waals surface area contributed by atoms with Gasteiger partial charge in [-0.2, -0.15) is 35.1 Å². The molecule has 15 heteroatoms. The second-order valence-electron chi connectivity index (χ2n) is 5.65. The van der Waals surface area contributed by atoms with Crippen LogP contribution in [0.25, 0.3) is 0 Å². The van der Waals surface area contributed by atoms with E-state index in [-0.39, 0.29) is 4.90 Å². The van der Waals surface area contributed by atoms with Crippen LogP contribution in [0.3, 0.4) is 0 Å². The standard InChI is InChI=1S/C13H23F8N2O4P/c1-5-22(6-2)9(27-28(24,25)26)10(14,15)11(16,17)12(18,19)13(20,21)23(7-3)8-4/h9H,5-8H2,1-4H3,(H2,24,25,26). The first-order valence-electron chi connectivity index (χ1n) is 8.13. The Balaban J connectivity index is 6.45. The van der Waals surface area contributed by atoms with Crippen molar-refractivity contribution in [2.75, 3.05) is 26.2 Å². The van der Waals surface area contributed by atoms with Crippen molar-refractivity contribution in [2.24, 2.45) is 0 Å². The molecule has 6 nitrogen and oxygen atoms in total. The second kappa shape index (κ2) is 9.09. The molecule has 0 aromatic carbocycles. The Morgan fingerprint density at radius 2 is 1.21 bits per heavy atom. The van der Waals surface area contributed by atoms with Crippen molar-refractivity contribution in [3.63, 3.8) is 0 Å². The van der Waals surface area contributed by atoms with Crippen LogP contribution in [-0.2, 0) is 9.09 Å². The first kappa shape index (κ1) is 27.5. The topological polar surface area (TPSA) is 73.2 Å². The van der Waals surface area contributed by atoms with E-state index in [9.17, 15) is 39.7 Å². The summed E-state index contributed by atoms with van der Waals surface area (Å²) in [6, 6.07) is -5.70. The maximum Gasteiger partial charge on any atom is 0.471 e. The van der Waals surface area contributed by atoms with Crippen LogP contribution in [-0.4, -0.2) is 75.8 Å². The van der Waals surface area contributed by atoms with Gasteiger partial charge in [0.15, 0.2) is 6.23 Å². The SMILES string of the molecule is CCN(CC)C(OP(=O)(O)O)C(F)(F)C(F)(F)C(F)(F)C(F)(F)N(CC)CC. The monoisotopic (exact) mass is 454 g/mol. The van der Waals surface area contributed by atoms with Crippen LogP contribution < -0.4 is 0 Å². The van der Waals surface area contributed by atoms with Crippen molar-refractivity contribution in [2.45, 2.75) is 57.7 Å². The molecule has 0 aliphatic rings. The lowest BCUT2D eigenvalue weighted by Crippen LogP contribution is -2.71. The Labute approximate surface area is 156 Å². The molecule has 0 bridgehead atoms. The lowest BCUT2D eigenvalue weighted by Gasteiger charge is -2.44. The van der Waals surface area contributed by atoms with E-state index in [0.717, 1.165) is 27.7 Å². The van der Waals surface area contributed by atoms with Crippen molar-refractivity contribution in [1.29, 1.82) is 0 Å². The van der Waals surface area contributed by atoms with E-state index in [1.54, 1.807) is 0 Å². The van der Waals surface area contributed by atoms with E-state index < -0.39 is 68.9 Å². The summed E-state index contributed by atoms with van der Waals surface area (Å²) in [5, 5.41) is 0. The highest BCUT2D eigenvalue weighted by molar-refractivity contribution is 7.46. The molecule has 0 aromatic rings. The molecular formula is C13H23F8N2O4P. The van der Waals surface area contributed by atoms with Gasteiger partial charge in [0, 0.05) is 13.1 Å². The van der Waals surface area contributed by atoms with Crippen LogP contribution in [0.4, 0.5) is 35.1 Å². The highest BCUT2D eigenvalue weighted by Crippen LogP contribution is 2.56. The Kier molecular flexibility index (Phi) is 8.92. The molecule has 2 N–H and O–H groups in total. The average Bonchev–Trinajstić information content (AvgIpc) is 2.54. The van der Waals surface area contributed by atoms with Gasteiger partial charge in [-0.1, -0.05) is 27.7 Å². The van der Waals surface area contributed by atoms with E-state index in [0.29, 0.717) is 0 Å². The first-order chi connectivity index (χ1) is 12.4. The van der Waals surface area contributed by atoms with Crippen LogP contribution in [0, 0.1) is 0 Å². The average molecular weight is 454 g/mol. The Bertz CT molecular complexity index is 553. The maximum atomic E-state index is 14.4. The molecule has 170 valence electrons. The highest BCUT2D eigenvalue weighted by Gasteiger charge is 2.84. The molecule has 1 unspecified atom stereocenters. The summed E-state index contributed by atoms with van der Waals surface area (Å²) in [6.07, 6.45) is -3.60. The van der Waals surface area contributed by atoms with Gasteiger partial charge >= 0.3 is 31.6 Å². The lowest BCUT2D eigenvalue weighted by molar-refractivity contribution is -0.410. The zero-order valence-corrected chi connectivity index (χ0v) is 16.4. The van der Waals surface area contributed by atoms with Crippen LogP contribution >= 0.6 is 7.82 Å². The number of phosphoric ester groups is 1. The van der Waals surface area contributed by atoms with E-state index >= 15 is 0 Å². The highest BCUT2D eigenvalue weighted by atomic mass is 31.2. The van der Waals surface area contributed by atoms with Gasteiger partial charge < -0.3 is 9.79 Å². The van der Waals surface area contributed by atoms with Gasteiger partial charge in [-0.3, -0.25) is 9.42 Å². The minimum Gasteiger partial charge on any atom is -0.303 e. The molecule has 0 spiro atoms. The van der Waals surface area contributed by atoms with Gasteiger partial charge in [0.2, 0.25) is 0 Å². The second-order valence-corrected chi connectivity index (χ2v) is 6.85.